The number of hydrogen-bond donors (Lipinski definition) is 0. The molecule has 0 aliphatic rings. The lowest BCUT2D eigenvalue weighted by Gasteiger charge is -2.23. The van der Waals surface area contributed by atoms with E-state index < -0.39 is 9.15 Å². The molecule has 0 saturated carbocycles. The molecule has 63 heavy (non-hydrogen) atoms. The maximum Gasteiger partial charge on any atom is 0.322 e. The van der Waals surface area contributed by atoms with E-state index in [2.05, 4.69) is 9.80 Å². The van der Waals surface area contributed by atoms with E-state index in [1.807, 2.05) is 97.1 Å². The van der Waals surface area contributed by atoms with Gasteiger partial charge in [-0.1, -0.05) is 0 Å². The minimum absolute atomic E-state index is 0.0894. The Morgan fingerprint density at radius 1 is 0.365 bits per heavy atom. The van der Waals surface area contributed by atoms with Gasteiger partial charge in [-0.25, -0.2) is 0 Å². The first kappa shape index (κ1) is 51.1. The lowest BCUT2D eigenvalue weighted by Crippen LogP contribution is -2.31. The normalized spacial score (nSPS) is 11.4. The first-order valence-electron chi connectivity index (χ1n) is 21.8. The number of nitrogens with zero attached hydrogens (tertiary/aromatic N) is 2. The molecule has 0 fully saturated rings. The highest BCUT2D eigenvalue weighted by molar-refractivity contribution is 8.70. The smallest absolute Gasteiger partial charge is 0.322 e. The van der Waals surface area contributed by atoms with Gasteiger partial charge in [-0.2, -0.15) is 8.42 Å². The van der Waals surface area contributed by atoms with Crippen molar-refractivity contribution >= 4 is 19.9 Å². The van der Waals surface area contributed by atoms with Gasteiger partial charge < -0.3 is 47.7 Å². The fourth-order valence-corrected chi connectivity index (χ4v) is 8.57. The Labute approximate surface area is 379 Å². The summed E-state index contributed by atoms with van der Waals surface area (Å²) in [5.74, 6) is 6.77. The Kier molecular flexibility index (Phi) is 24.8. The molecular formula is C48H68N2O11S2. The van der Waals surface area contributed by atoms with Crippen LogP contribution in [0.25, 0.3) is 0 Å². The summed E-state index contributed by atoms with van der Waals surface area (Å²) in [6.07, 6.45) is 7.11. The van der Waals surface area contributed by atoms with Crippen LogP contribution in [0.5, 0.6) is 46.0 Å². The van der Waals surface area contributed by atoms with Crippen LogP contribution in [0.2, 0.25) is 0 Å². The molecule has 15 heteroatoms. The highest BCUT2D eigenvalue weighted by Gasteiger charge is 2.16. The van der Waals surface area contributed by atoms with E-state index >= 15 is 0 Å². The van der Waals surface area contributed by atoms with Crippen LogP contribution in [0.4, 0.5) is 0 Å². The maximum atomic E-state index is 13.1. The third kappa shape index (κ3) is 22.1. The van der Waals surface area contributed by atoms with Gasteiger partial charge in [0.1, 0.15) is 46.0 Å². The van der Waals surface area contributed by atoms with Gasteiger partial charge in [0, 0.05) is 18.8 Å². The van der Waals surface area contributed by atoms with E-state index in [1.54, 1.807) is 28.4 Å². The van der Waals surface area contributed by atoms with Crippen molar-refractivity contribution in [1.29, 1.82) is 0 Å². The Morgan fingerprint density at radius 3 is 0.921 bits per heavy atom. The summed E-state index contributed by atoms with van der Waals surface area (Å²) in [6, 6.07) is 30.3. The summed E-state index contributed by atoms with van der Waals surface area (Å²) >= 11 is 0. The summed E-state index contributed by atoms with van der Waals surface area (Å²) in [7, 11) is 3.65. The number of rotatable bonds is 36. The first-order valence-corrected chi connectivity index (χ1v) is 24.8. The van der Waals surface area contributed by atoms with Gasteiger partial charge >= 0.3 is 9.15 Å². The van der Waals surface area contributed by atoms with Crippen molar-refractivity contribution in [1.82, 2.24) is 9.80 Å². The van der Waals surface area contributed by atoms with Crippen molar-refractivity contribution in [3.63, 3.8) is 0 Å². The standard InChI is InChI=1S/C48H68N2O11S2/c1-53-41-13-21-45(22-14-41)57-35-9-5-29-49(30-6-10-36-58-46-23-15-42(54-2)16-24-46)33-39-61-63(51,52)62-40-34-50(31-7-11-37-59-47-25-17-43(55-3)18-26-47)32-8-12-38-60-48-27-19-44(56-4)20-28-48/h13-28H,5-12,29-40H2,1-4H3. The highest BCUT2D eigenvalue weighted by Crippen LogP contribution is 2.21. The molecule has 0 aliphatic carbocycles. The van der Waals surface area contributed by atoms with Gasteiger partial charge in [-0.05, 0) is 185 Å². The van der Waals surface area contributed by atoms with Crippen molar-refractivity contribution in [3.8, 4) is 46.0 Å². The molecule has 4 aromatic rings. The Balaban J connectivity index is 1.19. The molecule has 0 amide bonds. The SMILES string of the molecule is COc1ccc(OCCCCN(CCCCOc2ccc(OC)cc2)CCOS(=O)(=O)SCCN(CCCCOc2ccc(OC)cc2)CCCCOc2ccc(OC)cc2)cc1. The fourth-order valence-electron chi connectivity index (χ4n) is 6.44. The van der Waals surface area contributed by atoms with Crippen molar-refractivity contribution in [2.75, 3.05) is 106 Å². The Bertz CT molecular complexity index is 1620. The van der Waals surface area contributed by atoms with Crippen molar-refractivity contribution in [2.24, 2.45) is 0 Å². The molecule has 348 valence electrons. The Hall–Kier alpha value is -4.54. The molecule has 0 heterocycles. The van der Waals surface area contributed by atoms with Crippen LogP contribution in [-0.2, 0) is 13.3 Å². The monoisotopic (exact) mass is 912 g/mol. The van der Waals surface area contributed by atoms with Crippen molar-refractivity contribution < 1.29 is 50.5 Å². The molecule has 0 N–H and O–H groups in total. The summed E-state index contributed by atoms with van der Waals surface area (Å²) in [4.78, 5) is 4.58. The number of hydrogen-bond acceptors (Lipinski definition) is 14. The fraction of sp³-hybridized carbons (Fsp3) is 0.500. The lowest BCUT2D eigenvalue weighted by atomic mass is 10.2. The van der Waals surface area contributed by atoms with Crippen LogP contribution in [0.15, 0.2) is 97.1 Å². The molecule has 0 radical (unpaired) electrons. The molecular weight excluding hydrogens is 845 g/mol. The zero-order valence-corrected chi connectivity index (χ0v) is 39.2. The minimum Gasteiger partial charge on any atom is -0.497 e. The molecule has 0 unspecified atom stereocenters. The van der Waals surface area contributed by atoms with Gasteiger partial charge in [0.05, 0.1) is 61.5 Å². The topological polar surface area (TPSA) is 124 Å². The van der Waals surface area contributed by atoms with Crippen LogP contribution in [0.3, 0.4) is 0 Å². The average Bonchev–Trinajstić information content (AvgIpc) is 3.31. The van der Waals surface area contributed by atoms with Crippen molar-refractivity contribution in [3.05, 3.63) is 97.1 Å². The second-order valence-electron chi connectivity index (χ2n) is 14.7. The minimum atomic E-state index is -3.78. The van der Waals surface area contributed by atoms with Gasteiger partial charge in [0.25, 0.3) is 0 Å². The highest BCUT2D eigenvalue weighted by atomic mass is 33.1. The molecule has 13 nitrogen and oxygen atoms in total. The molecule has 0 saturated heterocycles. The summed E-state index contributed by atoms with van der Waals surface area (Å²) in [5.41, 5.74) is 0. The third-order valence-electron chi connectivity index (χ3n) is 10.1. The molecule has 0 spiro atoms. The van der Waals surface area contributed by atoms with Crippen LogP contribution in [-0.4, -0.2) is 125 Å². The number of unbranched alkanes of at least 4 members (excludes halogenated alkanes) is 4. The van der Waals surface area contributed by atoms with E-state index in [-0.39, 0.29) is 6.61 Å². The predicted octanol–water partition coefficient (Wildman–Crippen LogP) is 9.06. The largest absolute Gasteiger partial charge is 0.497 e. The molecule has 4 rings (SSSR count). The number of methoxy groups -OCH3 is 4. The van der Waals surface area contributed by atoms with Gasteiger partial charge in [0.2, 0.25) is 0 Å². The third-order valence-corrected chi connectivity index (χ3v) is 12.8. The van der Waals surface area contributed by atoms with Crippen molar-refractivity contribution in [2.45, 2.75) is 51.4 Å². The summed E-state index contributed by atoms with van der Waals surface area (Å²) in [6.45, 7) is 6.84. The zero-order valence-electron chi connectivity index (χ0n) is 37.6. The van der Waals surface area contributed by atoms with E-state index in [0.717, 1.165) is 134 Å². The lowest BCUT2D eigenvalue weighted by molar-refractivity contribution is 0.199. The average molecular weight is 913 g/mol. The Morgan fingerprint density at radius 2 is 0.635 bits per heavy atom. The van der Waals surface area contributed by atoms with Crippen LogP contribution in [0, 0.1) is 0 Å². The molecule has 0 aromatic heterocycles. The van der Waals surface area contributed by atoms with E-state index in [9.17, 15) is 8.42 Å². The summed E-state index contributed by atoms with van der Waals surface area (Å²) < 4.78 is 76.4. The van der Waals surface area contributed by atoms with Crippen LogP contribution in [0.1, 0.15) is 51.4 Å². The molecule has 0 aliphatic heterocycles. The summed E-state index contributed by atoms with van der Waals surface area (Å²) in [5, 5.41) is 0. The molecule has 0 atom stereocenters. The van der Waals surface area contributed by atoms with E-state index in [1.165, 1.54) is 0 Å². The van der Waals surface area contributed by atoms with E-state index in [4.69, 9.17) is 42.1 Å². The molecule has 0 bridgehead atoms. The van der Waals surface area contributed by atoms with Gasteiger partial charge in [0.15, 0.2) is 0 Å². The maximum absolute atomic E-state index is 13.1. The molecule has 4 aromatic carbocycles. The van der Waals surface area contributed by atoms with Crippen LogP contribution < -0.4 is 37.9 Å². The number of benzene rings is 4. The predicted molar refractivity (Wildman–Crippen MR) is 251 cm³/mol. The number of ether oxygens (including phenoxy) is 8. The van der Waals surface area contributed by atoms with E-state index in [0.29, 0.717) is 45.3 Å². The van der Waals surface area contributed by atoms with Gasteiger partial charge in [-0.3, -0.25) is 4.18 Å². The van der Waals surface area contributed by atoms with Gasteiger partial charge in [-0.15, -0.1) is 0 Å². The second-order valence-corrected chi connectivity index (χ2v) is 18.3. The first-order chi connectivity index (χ1) is 30.8. The zero-order chi connectivity index (χ0) is 44.8. The second kappa shape index (κ2) is 30.5. The quantitative estimate of drug-likeness (QED) is 0.0318. The van der Waals surface area contributed by atoms with Crippen LogP contribution >= 0.6 is 10.8 Å².